The summed E-state index contributed by atoms with van der Waals surface area (Å²) in [6.45, 7) is 0. The Labute approximate surface area is 115 Å². The smallest absolute Gasteiger partial charge is 0.275 e. The third-order valence-corrected chi connectivity index (χ3v) is 3.54. The number of benzene rings is 1. The lowest BCUT2D eigenvalue weighted by Crippen LogP contribution is -2.12. The quantitative estimate of drug-likeness (QED) is 0.789. The summed E-state index contributed by atoms with van der Waals surface area (Å²) in [4.78, 5) is 16.8. The summed E-state index contributed by atoms with van der Waals surface area (Å²) in [6, 6.07) is 7.36. The molecule has 7 heteroatoms. The molecule has 0 bridgehead atoms. The van der Waals surface area contributed by atoms with E-state index in [2.05, 4.69) is 31.3 Å². The first-order chi connectivity index (χ1) is 8.72. The molecule has 2 heterocycles. The fourth-order valence-electron chi connectivity index (χ4n) is 1.48. The van der Waals surface area contributed by atoms with Gasteiger partial charge in [-0.15, -0.1) is 0 Å². The lowest BCUT2D eigenvalue weighted by molar-refractivity contribution is 0.102. The van der Waals surface area contributed by atoms with Crippen LogP contribution in [0.1, 0.15) is 10.5 Å². The van der Waals surface area contributed by atoms with Gasteiger partial charge in [-0.3, -0.25) is 4.79 Å². The Balaban J connectivity index is 1.82. The number of anilines is 1. The molecule has 0 aliphatic carbocycles. The van der Waals surface area contributed by atoms with Gasteiger partial charge >= 0.3 is 0 Å². The zero-order valence-electron chi connectivity index (χ0n) is 9.00. The van der Waals surface area contributed by atoms with Crippen molar-refractivity contribution in [3.8, 4) is 0 Å². The molecular formula is C11H7BrN4OS. The van der Waals surface area contributed by atoms with Crippen molar-refractivity contribution in [2.24, 2.45) is 0 Å². The highest BCUT2D eigenvalue weighted by Gasteiger charge is 2.12. The maximum atomic E-state index is 11.9. The Hall–Kier alpha value is -1.73. The summed E-state index contributed by atoms with van der Waals surface area (Å²) in [5.74, 6) is -0.241. The molecule has 5 nitrogen and oxygen atoms in total. The van der Waals surface area contributed by atoms with E-state index in [0.29, 0.717) is 10.7 Å². The molecule has 0 unspecified atom stereocenters. The van der Waals surface area contributed by atoms with Crippen molar-refractivity contribution < 1.29 is 4.79 Å². The normalized spacial score (nSPS) is 10.7. The van der Waals surface area contributed by atoms with Crippen molar-refractivity contribution in [3.63, 3.8) is 0 Å². The minimum atomic E-state index is -0.241. The zero-order chi connectivity index (χ0) is 12.5. The van der Waals surface area contributed by atoms with Crippen LogP contribution in [0.5, 0.6) is 0 Å². The van der Waals surface area contributed by atoms with E-state index < -0.39 is 0 Å². The SMILES string of the molecule is O=C(Nc1ccc(Br)cc1)c1cn2ncsc2n1. The van der Waals surface area contributed by atoms with Gasteiger partial charge < -0.3 is 5.32 Å². The number of fused-ring (bicyclic) bond motifs is 1. The molecular weight excluding hydrogens is 316 g/mol. The number of rotatable bonds is 2. The number of nitrogens with zero attached hydrogens (tertiary/aromatic N) is 3. The molecule has 90 valence electrons. The van der Waals surface area contributed by atoms with Crippen LogP contribution in [0.15, 0.2) is 40.4 Å². The molecule has 1 N–H and O–H groups in total. The molecule has 0 aliphatic rings. The Morgan fingerprint density at radius 1 is 1.33 bits per heavy atom. The maximum absolute atomic E-state index is 11.9. The molecule has 1 amide bonds. The van der Waals surface area contributed by atoms with Gasteiger partial charge in [-0.1, -0.05) is 27.3 Å². The molecule has 2 aromatic heterocycles. The van der Waals surface area contributed by atoms with Gasteiger partial charge in [0.2, 0.25) is 4.96 Å². The molecule has 0 fully saturated rings. The van der Waals surface area contributed by atoms with Crippen molar-refractivity contribution in [3.05, 3.63) is 46.1 Å². The monoisotopic (exact) mass is 322 g/mol. The minimum absolute atomic E-state index is 0.241. The van der Waals surface area contributed by atoms with E-state index in [4.69, 9.17) is 0 Å². The van der Waals surface area contributed by atoms with Gasteiger partial charge in [0.1, 0.15) is 11.2 Å². The van der Waals surface area contributed by atoms with E-state index in [-0.39, 0.29) is 5.91 Å². The second-order valence-electron chi connectivity index (χ2n) is 3.55. The third kappa shape index (κ3) is 2.14. The Kier molecular flexibility index (Phi) is 2.85. The number of hydrogen-bond acceptors (Lipinski definition) is 4. The van der Waals surface area contributed by atoms with Crippen LogP contribution in [0.2, 0.25) is 0 Å². The van der Waals surface area contributed by atoms with Crippen LogP contribution < -0.4 is 5.32 Å². The van der Waals surface area contributed by atoms with Crippen LogP contribution in [0.25, 0.3) is 4.96 Å². The first kappa shape index (κ1) is 11.4. The molecule has 3 rings (SSSR count). The van der Waals surface area contributed by atoms with Crippen molar-refractivity contribution in [1.29, 1.82) is 0 Å². The topological polar surface area (TPSA) is 59.3 Å². The van der Waals surface area contributed by atoms with Crippen LogP contribution in [-0.4, -0.2) is 20.5 Å². The summed E-state index contributed by atoms with van der Waals surface area (Å²) >= 11 is 4.73. The van der Waals surface area contributed by atoms with E-state index >= 15 is 0 Å². The fraction of sp³-hybridized carbons (Fsp3) is 0. The lowest BCUT2D eigenvalue weighted by atomic mass is 10.3. The van der Waals surface area contributed by atoms with Crippen LogP contribution >= 0.6 is 27.3 Å². The fourth-order valence-corrected chi connectivity index (χ4v) is 2.34. The number of amides is 1. The molecule has 18 heavy (non-hydrogen) atoms. The average Bonchev–Trinajstić information content (AvgIpc) is 2.92. The average molecular weight is 323 g/mol. The van der Waals surface area contributed by atoms with Gasteiger partial charge in [0, 0.05) is 10.2 Å². The summed E-state index contributed by atoms with van der Waals surface area (Å²) in [7, 11) is 0. The molecule has 0 saturated heterocycles. The van der Waals surface area contributed by atoms with Crippen LogP contribution in [0.4, 0.5) is 5.69 Å². The predicted octanol–water partition coefficient (Wildman–Crippen LogP) is 2.81. The van der Waals surface area contributed by atoms with E-state index in [1.165, 1.54) is 11.3 Å². The van der Waals surface area contributed by atoms with Gasteiger partial charge in [0.25, 0.3) is 5.91 Å². The summed E-state index contributed by atoms with van der Waals surface area (Å²) in [5.41, 5.74) is 2.77. The Morgan fingerprint density at radius 3 is 2.83 bits per heavy atom. The second kappa shape index (κ2) is 4.51. The van der Waals surface area contributed by atoms with E-state index in [1.807, 2.05) is 24.3 Å². The van der Waals surface area contributed by atoms with Crippen molar-refractivity contribution in [2.45, 2.75) is 0 Å². The van der Waals surface area contributed by atoms with E-state index in [0.717, 1.165) is 10.2 Å². The van der Waals surface area contributed by atoms with Gasteiger partial charge in [-0.2, -0.15) is 5.10 Å². The predicted molar refractivity (Wildman–Crippen MR) is 73.0 cm³/mol. The Bertz CT molecular complexity index is 675. The van der Waals surface area contributed by atoms with Gasteiger partial charge in [-0.25, -0.2) is 9.50 Å². The maximum Gasteiger partial charge on any atom is 0.275 e. The summed E-state index contributed by atoms with van der Waals surface area (Å²) < 4.78 is 2.55. The van der Waals surface area contributed by atoms with E-state index in [9.17, 15) is 4.79 Å². The lowest BCUT2D eigenvalue weighted by Gasteiger charge is -2.02. The number of halogens is 1. The number of carbonyl (C=O) groups is 1. The van der Waals surface area contributed by atoms with E-state index in [1.54, 1.807) is 16.2 Å². The first-order valence-corrected chi connectivity index (χ1v) is 6.75. The minimum Gasteiger partial charge on any atom is -0.321 e. The number of nitrogens with one attached hydrogen (secondary N) is 1. The molecule has 0 saturated carbocycles. The molecule has 0 radical (unpaired) electrons. The van der Waals surface area contributed by atoms with Gasteiger partial charge in [0.05, 0.1) is 6.20 Å². The summed E-state index contributed by atoms with van der Waals surface area (Å²) in [6.07, 6.45) is 1.61. The molecule has 0 atom stereocenters. The Morgan fingerprint density at radius 2 is 2.11 bits per heavy atom. The highest BCUT2D eigenvalue weighted by atomic mass is 79.9. The zero-order valence-corrected chi connectivity index (χ0v) is 11.4. The molecule has 0 aliphatic heterocycles. The highest BCUT2D eigenvalue weighted by Crippen LogP contribution is 2.15. The molecule has 3 aromatic rings. The van der Waals surface area contributed by atoms with Crippen LogP contribution in [0.3, 0.4) is 0 Å². The summed E-state index contributed by atoms with van der Waals surface area (Å²) in [5, 5.41) is 6.80. The van der Waals surface area contributed by atoms with Gasteiger partial charge in [0.15, 0.2) is 0 Å². The number of aromatic nitrogens is 3. The number of imidazole rings is 1. The van der Waals surface area contributed by atoms with Crippen molar-refractivity contribution >= 4 is 43.8 Å². The molecule has 1 aromatic carbocycles. The van der Waals surface area contributed by atoms with Crippen LogP contribution in [0, 0.1) is 0 Å². The first-order valence-electron chi connectivity index (χ1n) is 5.08. The van der Waals surface area contributed by atoms with Gasteiger partial charge in [-0.05, 0) is 24.3 Å². The standard InChI is InChI=1S/C11H7BrN4OS/c12-7-1-3-8(4-2-7)14-10(17)9-5-16-11(15-9)18-6-13-16/h1-6H,(H,14,17). The number of hydrogen-bond donors (Lipinski definition) is 1. The van der Waals surface area contributed by atoms with Crippen LogP contribution in [-0.2, 0) is 0 Å². The van der Waals surface area contributed by atoms with Crippen molar-refractivity contribution in [1.82, 2.24) is 14.6 Å². The second-order valence-corrected chi connectivity index (χ2v) is 5.28. The highest BCUT2D eigenvalue weighted by molar-refractivity contribution is 9.10. The van der Waals surface area contributed by atoms with Crippen molar-refractivity contribution in [2.75, 3.05) is 5.32 Å². The largest absolute Gasteiger partial charge is 0.321 e. The third-order valence-electron chi connectivity index (χ3n) is 2.32. The number of carbonyl (C=O) groups excluding carboxylic acids is 1. The molecule has 0 spiro atoms.